The number of anilines is 1. The number of benzene rings is 1. The summed E-state index contributed by atoms with van der Waals surface area (Å²) in [4.78, 5) is 0. The molecule has 0 aliphatic heterocycles. The standard InChI is InChI=1S/C8H11N3/c9-5-8(11)6-3-1-2-4-7(6)10/h1-5H,9-11H2/b8-5+. The molecule has 0 saturated carbocycles. The van der Waals surface area contributed by atoms with E-state index in [9.17, 15) is 0 Å². The van der Waals surface area contributed by atoms with Crippen LogP contribution >= 0.6 is 0 Å². The Hall–Kier alpha value is -1.64. The topological polar surface area (TPSA) is 78.1 Å². The van der Waals surface area contributed by atoms with Crippen molar-refractivity contribution in [1.29, 1.82) is 0 Å². The lowest BCUT2D eigenvalue weighted by molar-refractivity contribution is 1.46. The van der Waals surface area contributed by atoms with Crippen LogP contribution in [0.4, 0.5) is 5.69 Å². The van der Waals surface area contributed by atoms with Crippen molar-refractivity contribution in [2.75, 3.05) is 5.73 Å². The summed E-state index contributed by atoms with van der Waals surface area (Å²) in [5.74, 6) is 0. The first-order chi connectivity index (χ1) is 5.25. The molecule has 0 fully saturated rings. The Morgan fingerprint density at radius 3 is 2.45 bits per heavy atom. The molecule has 0 amide bonds. The highest BCUT2D eigenvalue weighted by molar-refractivity contribution is 5.72. The highest BCUT2D eigenvalue weighted by Gasteiger charge is 1.97. The van der Waals surface area contributed by atoms with Crippen LogP contribution in [-0.4, -0.2) is 0 Å². The minimum Gasteiger partial charge on any atom is -0.403 e. The van der Waals surface area contributed by atoms with E-state index in [0.717, 1.165) is 5.56 Å². The number of hydrogen-bond acceptors (Lipinski definition) is 3. The summed E-state index contributed by atoms with van der Waals surface area (Å²) >= 11 is 0. The molecule has 0 saturated heterocycles. The number of rotatable bonds is 1. The second kappa shape index (κ2) is 2.96. The predicted molar refractivity (Wildman–Crippen MR) is 47.2 cm³/mol. The van der Waals surface area contributed by atoms with Crippen LogP contribution in [0, 0.1) is 0 Å². The molecule has 0 radical (unpaired) electrons. The fourth-order valence-electron chi connectivity index (χ4n) is 0.850. The first-order valence-corrected chi connectivity index (χ1v) is 3.28. The summed E-state index contributed by atoms with van der Waals surface area (Å²) < 4.78 is 0. The van der Waals surface area contributed by atoms with Crippen LogP contribution in [0.2, 0.25) is 0 Å². The van der Waals surface area contributed by atoms with Gasteiger partial charge in [-0.2, -0.15) is 0 Å². The summed E-state index contributed by atoms with van der Waals surface area (Å²) in [7, 11) is 0. The van der Waals surface area contributed by atoms with Crippen molar-refractivity contribution >= 4 is 11.4 Å². The molecule has 11 heavy (non-hydrogen) atoms. The molecule has 0 aromatic heterocycles. The van der Waals surface area contributed by atoms with Gasteiger partial charge in [-0.25, -0.2) is 0 Å². The van der Waals surface area contributed by atoms with E-state index in [1.54, 1.807) is 6.07 Å². The van der Waals surface area contributed by atoms with E-state index in [2.05, 4.69) is 0 Å². The fraction of sp³-hybridized carbons (Fsp3) is 0. The molecule has 0 unspecified atom stereocenters. The highest BCUT2D eigenvalue weighted by atomic mass is 14.7. The van der Waals surface area contributed by atoms with E-state index in [4.69, 9.17) is 17.2 Å². The summed E-state index contributed by atoms with van der Waals surface area (Å²) in [5, 5.41) is 0. The zero-order valence-corrected chi connectivity index (χ0v) is 6.12. The Bertz CT molecular complexity index is 278. The van der Waals surface area contributed by atoms with E-state index in [1.165, 1.54) is 6.20 Å². The molecule has 0 aliphatic carbocycles. The number of nitrogen functional groups attached to an aromatic ring is 1. The van der Waals surface area contributed by atoms with Gasteiger partial charge >= 0.3 is 0 Å². The van der Waals surface area contributed by atoms with E-state index >= 15 is 0 Å². The number of nitrogens with two attached hydrogens (primary N) is 3. The van der Waals surface area contributed by atoms with Crippen molar-refractivity contribution < 1.29 is 0 Å². The average molecular weight is 149 g/mol. The molecule has 0 heterocycles. The average Bonchev–Trinajstić information content (AvgIpc) is 2.04. The Kier molecular flexibility index (Phi) is 2.01. The zero-order chi connectivity index (χ0) is 8.27. The van der Waals surface area contributed by atoms with Crippen molar-refractivity contribution in [2.45, 2.75) is 0 Å². The number of hydrogen-bond donors (Lipinski definition) is 3. The van der Waals surface area contributed by atoms with Crippen LogP contribution in [0.3, 0.4) is 0 Å². The van der Waals surface area contributed by atoms with Gasteiger partial charge in [0.1, 0.15) is 0 Å². The maximum Gasteiger partial charge on any atom is 0.0566 e. The van der Waals surface area contributed by atoms with Crippen LogP contribution in [0.25, 0.3) is 5.70 Å². The Balaban J connectivity index is 3.14. The molecule has 1 aromatic carbocycles. The monoisotopic (exact) mass is 149 g/mol. The van der Waals surface area contributed by atoms with Crippen molar-refractivity contribution in [1.82, 2.24) is 0 Å². The first-order valence-electron chi connectivity index (χ1n) is 3.28. The Labute approximate surface area is 65.5 Å². The van der Waals surface area contributed by atoms with Gasteiger partial charge in [0.2, 0.25) is 0 Å². The molecule has 0 atom stereocenters. The van der Waals surface area contributed by atoms with Gasteiger partial charge in [0.05, 0.1) is 5.70 Å². The second-order valence-electron chi connectivity index (χ2n) is 2.21. The van der Waals surface area contributed by atoms with E-state index < -0.39 is 0 Å². The van der Waals surface area contributed by atoms with Gasteiger partial charge in [-0.3, -0.25) is 0 Å². The molecule has 3 nitrogen and oxygen atoms in total. The van der Waals surface area contributed by atoms with Crippen LogP contribution in [0.1, 0.15) is 5.56 Å². The van der Waals surface area contributed by atoms with Gasteiger partial charge in [-0.05, 0) is 6.07 Å². The smallest absolute Gasteiger partial charge is 0.0566 e. The third-order valence-electron chi connectivity index (χ3n) is 1.45. The van der Waals surface area contributed by atoms with Crippen LogP contribution in [-0.2, 0) is 0 Å². The Morgan fingerprint density at radius 2 is 1.91 bits per heavy atom. The normalized spacial score (nSPS) is 11.5. The van der Waals surface area contributed by atoms with Crippen LogP contribution < -0.4 is 17.2 Å². The van der Waals surface area contributed by atoms with E-state index in [1.807, 2.05) is 18.2 Å². The summed E-state index contributed by atoms with van der Waals surface area (Å²) in [6.45, 7) is 0. The molecule has 0 aliphatic rings. The van der Waals surface area contributed by atoms with Gasteiger partial charge in [-0.15, -0.1) is 0 Å². The van der Waals surface area contributed by atoms with Gasteiger partial charge < -0.3 is 17.2 Å². The molecule has 1 aromatic rings. The largest absolute Gasteiger partial charge is 0.403 e. The molecule has 0 bridgehead atoms. The lowest BCUT2D eigenvalue weighted by Crippen LogP contribution is -2.02. The quantitative estimate of drug-likeness (QED) is 0.508. The third kappa shape index (κ3) is 1.43. The molecular weight excluding hydrogens is 138 g/mol. The van der Waals surface area contributed by atoms with Crippen LogP contribution in [0.15, 0.2) is 30.5 Å². The lowest BCUT2D eigenvalue weighted by Gasteiger charge is -2.03. The lowest BCUT2D eigenvalue weighted by atomic mass is 10.1. The molecule has 58 valence electrons. The molecule has 6 N–H and O–H groups in total. The number of para-hydroxylation sites is 1. The van der Waals surface area contributed by atoms with Crippen molar-refractivity contribution in [3.63, 3.8) is 0 Å². The maximum absolute atomic E-state index is 5.62. The summed E-state index contributed by atoms with van der Waals surface area (Å²) in [5.41, 5.74) is 18.3. The summed E-state index contributed by atoms with van der Waals surface area (Å²) in [6, 6.07) is 7.32. The van der Waals surface area contributed by atoms with Gasteiger partial charge in [-0.1, -0.05) is 18.2 Å². The molecule has 1 rings (SSSR count). The highest BCUT2D eigenvalue weighted by Crippen LogP contribution is 2.15. The predicted octanol–water partition coefficient (Wildman–Crippen LogP) is 0.485. The van der Waals surface area contributed by atoms with Gasteiger partial charge in [0.15, 0.2) is 0 Å². The zero-order valence-electron chi connectivity index (χ0n) is 6.12. The van der Waals surface area contributed by atoms with Gasteiger partial charge in [0, 0.05) is 17.5 Å². The van der Waals surface area contributed by atoms with E-state index in [0.29, 0.717) is 11.4 Å². The van der Waals surface area contributed by atoms with Crippen molar-refractivity contribution in [2.24, 2.45) is 11.5 Å². The van der Waals surface area contributed by atoms with E-state index in [-0.39, 0.29) is 0 Å². The van der Waals surface area contributed by atoms with Crippen molar-refractivity contribution in [3.05, 3.63) is 36.0 Å². The molecule has 3 heteroatoms. The summed E-state index contributed by atoms with van der Waals surface area (Å²) in [6.07, 6.45) is 1.34. The minimum atomic E-state index is 0.503. The fourth-order valence-corrected chi connectivity index (χ4v) is 0.850. The third-order valence-corrected chi connectivity index (χ3v) is 1.45. The Morgan fingerprint density at radius 1 is 1.27 bits per heavy atom. The minimum absolute atomic E-state index is 0.503. The molecule has 0 spiro atoms. The second-order valence-corrected chi connectivity index (χ2v) is 2.21. The maximum atomic E-state index is 5.62. The molecular formula is C8H11N3. The first kappa shape index (κ1) is 7.47. The van der Waals surface area contributed by atoms with Gasteiger partial charge in [0.25, 0.3) is 0 Å². The SMILES string of the molecule is N/C=C(/N)c1ccccc1N. The van der Waals surface area contributed by atoms with Crippen LogP contribution in [0.5, 0.6) is 0 Å². The van der Waals surface area contributed by atoms with Crippen molar-refractivity contribution in [3.8, 4) is 0 Å².